The van der Waals surface area contributed by atoms with Crippen LogP contribution in [0, 0.1) is 0 Å². The van der Waals surface area contributed by atoms with E-state index in [1.165, 1.54) is 0 Å². The maximum absolute atomic E-state index is 9.35. The maximum atomic E-state index is 9.35. The highest BCUT2D eigenvalue weighted by molar-refractivity contribution is 9.10. The quantitative estimate of drug-likeness (QED) is 0.914. The lowest BCUT2D eigenvalue weighted by Crippen LogP contribution is -2.48. The largest absolute Gasteiger partial charge is 0.392 e. The Hall–Kier alpha value is -0.650. The molecular formula is C12H18BrN3O. The molecule has 17 heavy (non-hydrogen) atoms. The van der Waals surface area contributed by atoms with Gasteiger partial charge in [0.25, 0.3) is 0 Å². The van der Waals surface area contributed by atoms with Gasteiger partial charge in [0.05, 0.1) is 6.10 Å². The molecule has 5 heteroatoms. The molecule has 1 aromatic heterocycles. The summed E-state index contributed by atoms with van der Waals surface area (Å²) < 4.78 is 1.01. The number of anilines is 1. The molecule has 1 aromatic rings. The summed E-state index contributed by atoms with van der Waals surface area (Å²) in [6.45, 7) is 6.53. The van der Waals surface area contributed by atoms with Crippen LogP contribution in [0.5, 0.6) is 0 Å². The molecule has 0 radical (unpaired) electrons. The van der Waals surface area contributed by atoms with Crippen LogP contribution in [0.2, 0.25) is 0 Å². The molecule has 94 valence electrons. The highest BCUT2D eigenvalue weighted by atomic mass is 79.9. The lowest BCUT2D eigenvalue weighted by molar-refractivity contribution is 0.122. The first-order valence-corrected chi connectivity index (χ1v) is 6.71. The standard InChI is InChI=1S/C12H18BrN3O/c1-10(17)9-15-4-6-16(7-5-15)12-3-2-11(13)8-14-12/h2-3,8,10,17H,4-7,9H2,1H3/t10-/m1/s1. The summed E-state index contributed by atoms with van der Waals surface area (Å²) in [5, 5.41) is 9.35. The highest BCUT2D eigenvalue weighted by Crippen LogP contribution is 2.16. The van der Waals surface area contributed by atoms with E-state index in [2.05, 4.69) is 30.7 Å². The van der Waals surface area contributed by atoms with Crippen molar-refractivity contribution in [2.45, 2.75) is 13.0 Å². The Balaban J connectivity index is 1.88. The number of aromatic nitrogens is 1. The average molecular weight is 300 g/mol. The molecule has 1 N–H and O–H groups in total. The van der Waals surface area contributed by atoms with E-state index in [4.69, 9.17) is 0 Å². The lowest BCUT2D eigenvalue weighted by atomic mass is 10.2. The number of hydrogen-bond donors (Lipinski definition) is 1. The predicted octanol–water partition coefficient (Wildman–Crippen LogP) is 1.35. The molecule has 0 bridgehead atoms. The van der Waals surface area contributed by atoms with Crippen molar-refractivity contribution in [3.63, 3.8) is 0 Å². The van der Waals surface area contributed by atoms with Crippen LogP contribution in [0.1, 0.15) is 6.92 Å². The van der Waals surface area contributed by atoms with Crippen molar-refractivity contribution in [2.75, 3.05) is 37.6 Å². The number of hydrogen-bond acceptors (Lipinski definition) is 4. The molecule has 1 aliphatic heterocycles. The number of aliphatic hydroxyl groups excluding tert-OH is 1. The fourth-order valence-electron chi connectivity index (χ4n) is 2.09. The molecular weight excluding hydrogens is 282 g/mol. The van der Waals surface area contributed by atoms with Crippen molar-refractivity contribution < 1.29 is 5.11 Å². The first-order valence-electron chi connectivity index (χ1n) is 5.92. The first-order chi connectivity index (χ1) is 8.15. The zero-order chi connectivity index (χ0) is 12.3. The molecule has 1 atom stereocenters. The van der Waals surface area contributed by atoms with Gasteiger partial charge in [0.1, 0.15) is 5.82 Å². The average Bonchev–Trinajstić information content (AvgIpc) is 2.30. The van der Waals surface area contributed by atoms with Gasteiger partial charge in [-0.2, -0.15) is 0 Å². The van der Waals surface area contributed by atoms with E-state index in [9.17, 15) is 5.11 Å². The number of halogens is 1. The van der Waals surface area contributed by atoms with E-state index in [0.29, 0.717) is 0 Å². The normalized spacial score (nSPS) is 19.4. The molecule has 2 heterocycles. The van der Waals surface area contributed by atoms with Crippen LogP contribution in [0.4, 0.5) is 5.82 Å². The van der Waals surface area contributed by atoms with Gasteiger partial charge in [-0.15, -0.1) is 0 Å². The Labute approximate surface area is 110 Å². The van der Waals surface area contributed by atoms with Crippen molar-refractivity contribution in [1.29, 1.82) is 0 Å². The molecule has 1 fully saturated rings. The van der Waals surface area contributed by atoms with Gasteiger partial charge in [-0.05, 0) is 35.0 Å². The van der Waals surface area contributed by atoms with Gasteiger partial charge in [0, 0.05) is 43.4 Å². The number of aliphatic hydroxyl groups is 1. The monoisotopic (exact) mass is 299 g/mol. The maximum Gasteiger partial charge on any atom is 0.128 e. The zero-order valence-corrected chi connectivity index (χ0v) is 11.6. The number of piperazine rings is 1. The van der Waals surface area contributed by atoms with Crippen LogP contribution in [0.15, 0.2) is 22.8 Å². The molecule has 0 spiro atoms. The number of pyridine rings is 1. The van der Waals surface area contributed by atoms with E-state index < -0.39 is 0 Å². The zero-order valence-electron chi connectivity index (χ0n) is 10.0. The van der Waals surface area contributed by atoms with E-state index in [0.717, 1.165) is 43.0 Å². The molecule has 0 unspecified atom stereocenters. The summed E-state index contributed by atoms with van der Waals surface area (Å²) in [5.41, 5.74) is 0. The second-order valence-corrected chi connectivity index (χ2v) is 5.39. The molecule has 0 aromatic carbocycles. The Morgan fingerprint density at radius 2 is 2.06 bits per heavy atom. The summed E-state index contributed by atoms with van der Waals surface area (Å²) in [5.74, 6) is 1.03. The Morgan fingerprint density at radius 1 is 1.35 bits per heavy atom. The lowest BCUT2D eigenvalue weighted by Gasteiger charge is -2.35. The van der Waals surface area contributed by atoms with Crippen LogP contribution >= 0.6 is 15.9 Å². The van der Waals surface area contributed by atoms with Gasteiger partial charge in [0.15, 0.2) is 0 Å². The van der Waals surface area contributed by atoms with Crippen molar-refractivity contribution in [2.24, 2.45) is 0 Å². The molecule has 4 nitrogen and oxygen atoms in total. The van der Waals surface area contributed by atoms with Gasteiger partial charge in [0.2, 0.25) is 0 Å². The van der Waals surface area contributed by atoms with Gasteiger partial charge in [-0.1, -0.05) is 0 Å². The van der Waals surface area contributed by atoms with Gasteiger partial charge >= 0.3 is 0 Å². The van der Waals surface area contributed by atoms with Crippen molar-refractivity contribution in [1.82, 2.24) is 9.88 Å². The van der Waals surface area contributed by atoms with E-state index in [1.54, 1.807) is 0 Å². The predicted molar refractivity (Wildman–Crippen MR) is 72.3 cm³/mol. The SMILES string of the molecule is C[C@@H](O)CN1CCN(c2ccc(Br)cn2)CC1. The minimum absolute atomic E-state index is 0.243. The molecule has 1 aliphatic rings. The third-order valence-corrected chi connectivity index (χ3v) is 3.40. The molecule has 0 saturated carbocycles. The smallest absolute Gasteiger partial charge is 0.128 e. The van der Waals surface area contributed by atoms with Crippen LogP contribution in [-0.4, -0.2) is 53.8 Å². The Bertz CT molecular complexity index is 347. The topological polar surface area (TPSA) is 39.6 Å². The summed E-state index contributed by atoms with van der Waals surface area (Å²) >= 11 is 3.39. The van der Waals surface area contributed by atoms with E-state index in [-0.39, 0.29) is 6.10 Å². The Kier molecular flexibility index (Phi) is 4.36. The molecule has 2 rings (SSSR count). The fourth-order valence-corrected chi connectivity index (χ4v) is 2.32. The van der Waals surface area contributed by atoms with Gasteiger partial charge in [-0.25, -0.2) is 4.98 Å². The highest BCUT2D eigenvalue weighted by Gasteiger charge is 2.18. The second kappa shape index (κ2) is 5.80. The van der Waals surface area contributed by atoms with Crippen LogP contribution in [0.3, 0.4) is 0 Å². The summed E-state index contributed by atoms with van der Waals surface area (Å²) in [6, 6.07) is 4.05. The number of β-amino-alcohol motifs (C(OH)–C–C–N with tert-alkyl or cyclic N) is 1. The molecule has 0 aliphatic carbocycles. The first kappa shape index (κ1) is 12.8. The fraction of sp³-hybridized carbons (Fsp3) is 0.583. The van der Waals surface area contributed by atoms with E-state index >= 15 is 0 Å². The van der Waals surface area contributed by atoms with E-state index in [1.807, 2.05) is 25.3 Å². The van der Waals surface area contributed by atoms with Crippen LogP contribution in [0.25, 0.3) is 0 Å². The summed E-state index contributed by atoms with van der Waals surface area (Å²) in [4.78, 5) is 8.97. The minimum Gasteiger partial charge on any atom is -0.392 e. The van der Waals surface area contributed by atoms with Gasteiger partial charge in [-0.3, -0.25) is 4.90 Å². The summed E-state index contributed by atoms with van der Waals surface area (Å²) in [6.07, 6.45) is 1.59. The minimum atomic E-state index is -0.243. The van der Waals surface area contributed by atoms with Gasteiger partial charge < -0.3 is 10.0 Å². The molecule has 0 amide bonds. The van der Waals surface area contributed by atoms with Crippen molar-refractivity contribution in [3.05, 3.63) is 22.8 Å². The molecule has 1 saturated heterocycles. The third kappa shape index (κ3) is 3.66. The van der Waals surface area contributed by atoms with Crippen molar-refractivity contribution >= 4 is 21.7 Å². The Morgan fingerprint density at radius 3 is 2.59 bits per heavy atom. The van der Waals surface area contributed by atoms with Crippen LogP contribution in [-0.2, 0) is 0 Å². The van der Waals surface area contributed by atoms with Crippen LogP contribution < -0.4 is 4.90 Å². The van der Waals surface area contributed by atoms with Crippen molar-refractivity contribution in [3.8, 4) is 0 Å². The summed E-state index contributed by atoms with van der Waals surface area (Å²) in [7, 11) is 0. The number of rotatable bonds is 3. The second-order valence-electron chi connectivity index (χ2n) is 4.47. The third-order valence-electron chi connectivity index (χ3n) is 2.93. The number of nitrogens with zero attached hydrogens (tertiary/aromatic N) is 3.